The molecule has 0 aromatic carbocycles. The van der Waals surface area contributed by atoms with E-state index in [1.165, 1.54) is 19.3 Å². The van der Waals surface area contributed by atoms with Gasteiger partial charge in [-0.1, -0.05) is 19.3 Å². The molecule has 3 rings (SSSR count). The summed E-state index contributed by atoms with van der Waals surface area (Å²) in [4.78, 5) is 14.2. The molecule has 0 aromatic heterocycles. The first-order valence-corrected chi connectivity index (χ1v) is 10.9. The van der Waals surface area contributed by atoms with Crippen LogP contribution in [-0.4, -0.2) is 62.1 Å². The maximum absolute atomic E-state index is 12.3. The smallest absolute Gasteiger partial charge is 0.317 e. The molecule has 0 aromatic rings. The zero-order valence-electron chi connectivity index (χ0n) is 13.8. The quantitative estimate of drug-likeness (QED) is 0.809. The Morgan fingerprint density at radius 2 is 1.57 bits per heavy atom. The lowest BCUT2D eigenvalue weighted by molar-refractivity contribution is 0.168. The number of amides is 2. The summed E-state index contributed by atoms with van der Waals surface area (Å²) in [7, 11) is -2.82. The Hall–Kier alpha value is -0.820. The van der Waals surface area contributed by atoms with Crippen LogP contribution >= 0.6 is 0 Å². The molecular weight excluding hydrogens is 314 g/mol. The lowest BCUT2D eigenvalue weighted by Gasteiger charge is -2.35. The van der Waals surface area contributed by atoms with Crippen molar-refractivity contribution in [3.05, 3.63) is 0 Å². The van der Waals surface area contributed by atoms with E-state index in [4.69, 9.17) is 0 Å². The molecule has 3 aliphatic rings. The van der Waals surface area contributed by atoms with Crippen molar-refractivity contribution in [1.82, 2.24) is 15.5 Å². The summed E-state index contributed by atoms with van der Waals surface area (Å²) in [5.74, 6) is 0.586. The average molecular weight is 343 g/mol. The van der Waals surface area contributed by atoms with Crippen LogP contribution in [-0.2, 0) is 9.84 Å². The van der Waals surface area contributed by atoms with Gasteiger partial charge >= 0.3 is 6.03 Å². The number of sulfone groups is 1. The Labute approximate surface area is 139 Å². The molecule has 7 heteroatoms. The largest absolute Gasteiger partial charge is 0.335 e. The lowest BCUT2D eigenvalue weighted by Crippen LogP contribution is -2.52. The Morgan fingerprint density at radius 3 is 2.17 bits per heavy atom. The number of hydrogen-bond acceptors (Lipinski definition) is 4. The van der Waals surface area contributed by atoms with Crippen LogP contribution in [0.15, 0.2) is 0 Å². The lowest BCUT2D eigenvalue weighted by atomic mass is 9.95. The Kier molecular flexibility index (Phi) is 5.46. The van der Waals surface area contributed by atoms with Crippen molar-refractivity contribution >= 4 is 15.9 Å². The standard InChI is InChI=1S/C16H29N3O3S/c20-16(18-13-4-2-1-3-5-13)19-9-6-14(7-10-19)17-15-8-11-23(21,22)12-15/h13-15,17H,1-12H2,(H,18,20)/t15-/m0/s1. The number of nitrogens with zero attached hydrogens (tertiary/aromatic N) is 1. The fourth-order valence-electron chi connectivity index (χ4n) is 4.02. The van der Waals surface area contributed by atoms with Gasteiger partial charge in [-0.3, -0.25) is 0 Å². The van der Waals surface area contributed by atoms with Crippen molar-refractivity contribution in [2.75, 3.05) is 24.6 Å². The van der Waals surface area contributed by atoms with Gasteiger partial charge in [-0.2, -0.15) is 0 Å². The van der Waals surface area contributed by atoms with Gasteiger partial charge in [0.2, 0.25) is 0 Å². The molecule has 3 fully saturated rings. The number of carbonyl (C=O) groups excluding carboxylic acids is 1. The maximum atomic E-state index is 12.3. The highest BCUT2D eigenvalue weighted by atomic mass is 32.2. The summed E-state index contributed by atoms with van der Waals surface area (Å²) in [6, 6.07) is 0.884. The highest BCUT2D eigenvalue weighted by Crippen LogP contribution is 2.19. The average Bonchev–Trinajstić information content (AvgIpc) is 2.88. The first kappa shape index (κ1) is 17.0. The van der Waals surface area contributed by atoms with Crippen LogP contribution in [0.1, 0.15) is 51.4 Å². The molecule has 2 aliphatic heterocycles. The normalized spacial score (nSPS) is 29.6. The number of piperidine rings is 1. The van der Waals surface area contributed by atoms with E-state index in [9.17, 15) is 13.2 Å². The third-order valence-corrected chi connectivity index (χ3v) is 7.19. The first-order chi connectivity index (χ1) is 11.0. The molecule has 132 valence electrons. The maximum Gasteiger partial charge on any atom is 0.317 e. The van der Waals surface area contributed by atoms with Crippen LogP contribution in [0.5, 0.6) is 0 Å². The van der Waals surface area contributed by atoms with Crippen molar-refractivity contribution in [2.45, 2.75) is 69.5 Å². The zero-order valence-corrected chi connectivity index (χ0v) is 14.6. The minimum absolute atomic E-state index is 0.0822. The first-order valence-electron chi connectivity index (χ1n) is 9.04. The minimum atomic E-state index is -2.82. The minimum Gasteiger partial charge on any atom is -0.335 e. The van der Waals surface area contributed by atoms with Crippen LogP contribution in [0, 0.1) is 0 Å². The van der Waals surface area contributed by atoms with Crippen molar-refractivity contribution in [1.29, 1.82) is 0 Å². The fraction of sp³-hybridized carbons (Fsp3) is 0.938. The zero-order chi connectivity index (χ0) is 16.3. The summed E-state index contributed by atoms with van der Waals surface area (Å²) in [6.45, 7) is 1.52. The summed E-state index contributed by atoms with van der Waals surface area (Å²) >= 11 is 0. The van der Waals surface area contributed by atoms with Gasteiger partial charge in [0, 0.05) is 31.2 Å². The fourth-order valence-corrected chi connectivity index (χ4v) is 5.71. The number of rotatable bonds is 3. The van der Waals surface area contributed by atoms with E-state index < -0.39 is 9.84 Å². The molecule has 0 bridgehead atoms. The summed E-state index contributed by atoms with van der Waals surface area (Å²) in [5.41, 5.74) is 0. The molecular formula is C16H29N3O3S. The number of nitrogens with one attached hydrogen (secondary N) is 2. The molecule has 2 heterocycles. The topological polar surface area (TPSA) is 78.5 Å². The van der Waals surface area contributed by atoms with Crippen LogP contribution < -0.4 is 10.6 Å². The predicted octanol–water partition coefficient (Wildman–Crippen LogP) is 1.27. The second-order valence-corrected chi connectivity index (χ2v) is 9.54. The Morgan fingerprint density at radius 1 is 0.870 bits per heavy atom. The summed E-state index contributed by atoms with van der Waals surface area (Å²) in [6.07, 6.45) is 8.51. The van der Waals surface area contributed by atoms with E-state index in [0.29, 0.717) is 17.8 Å². The van der Waals surface area contributed by atoms with E-state index in [-0.39, 0.29) is 17.8 Å². The van der Waals surface area contributed by atoms with Gasteiger partial charge in [0.15, 0.2) is 9.84 Å². The third-order valence-electron chi connectivity index (χ3n) is 5.42. The molecule has 2 amide bonds. The SMILES string of the molecule is O=C(NC1CCCCC1)N1CCC(N[C@H]2CCS(=O)(=O)C2)CC1. The van der Waals surface area contributed by atoms with Gasteiger partial charge in [0.05, 0.1) is 11.5 Å². The second-order valence-electron chi connectivity index (χ2n) is 7.31. The van der Waals surface area contributed by atoms with Crippen LogP contribution in [0.3, 0.4) is 0 Å². The Bertz CT molecular complexity index is 509. The number of hydrogen-bond donors (Lipinski definition) is 2. The van der Waals surface area contributed by atoms with Gasteiger partial charge in [-0.05, 0) is 32.1 Å². The number of likely N-dealkylation sites (tertiary alicyclic amines) is 1. The van der Waals surface area contributed by atoms with E-state index in [2.05, 4.69) is 10.6 Å². The number of urea groups is 1. The second kappa shape index (κ2) is 7.38. The van der Waals surface area contributed by atoms with E-state index in [1.54, 1.807) is 0 Å². The molecule has 6 nitrogen and oxygen atoms in total. The van der Waals surface area contributed by atoms with Crippen molar-refractivity contribution in [3.8, 4) is 0 Å². The van der Waals surface area contributed by atoms with Gasteiger partial charge in [0.1, 0.15) is 0 Å². The van der Waals surface area contributed by atoms with E-state index in [1.807, 2.05) is 4.90 Å². The molecule has 1 aliphatic carbocycles. The van der Waals surface area contributed by atoms with Gasteiger partial charge < -0.3 is 15.5 Å². The van der Waals surface area contributed by atoms with E-state index >= 15 is 0 Å². The van der Waals surface area contributed by atoms with Crippen LogP contribution in [0.25, 0.3) is 0 Å². The van der Waals surface area contributed by atoms with Gasteiger partial charge in [0.25, 0.3) is 0 Å². The summed E-state index contributed by atoms with van der Waals surface area (Å²) < 4.78 is 23.0. The third kappa shape index (κ3) is 4.83. The van der Waals surface area contributed by atoms with Crippen molar-refractivity contribution in [2.24, 2.45) is 0 Å². The van der Waals surface area contributed by atoms with Crippen LogP contribution in [0.2, 0.25) is 0 Å². The molecule has 0 unspecified atom stereocenters. The predicted molar refractivity (Wildman–Crippen MR) is 90.2 cm³/mol. The van der Waals surface area contributed by atoms with Gasteiger partial charge in [-0.15, -0.1) is 0 Å². The van der Waals surface area contributed by atoms with Crippen molar-refractivity contribution in [3.63, 3.8) is 0 Å². The molecule has 2 saturated heterocycles. The highest BCUT2D eigenvalue weighted by molar-refractivity contribution is 7.91. The monoisotopic (exact) mass is 343 g/mol. The van der Waals surface area contributed by atoms with Gasteiger partial charge in [-0.25, -0.2) is 13.2 Å². The molecule has 23 heavy (non-hydrogen) atoms. The van der Waals surface area contributed by atoms with Crippen LogP contribution in [0.4, 0.5) is 4.79 Å². The molecule has 2 N–H and O–H groups in total. The highest BCUT2D eigenvalue weighted by Gasteiger charge is 2.31. The summed E-state index contributed by atoms with van der Waals surface area (Å²) in [5, 5.41) is 6.65. The van der Waals surface area contributed by atoms with Crippen molar-refractivity contribution < 1.29 is 13.2 Å². The Balaban J connectivity index is 1.38. The molecule has 0 spiro atoms. The molecule has 1 atom stereocenters. The molecule has 1 saturated carbocycles. The number of carbonyl (C=O) groups is 1. The molecule has 0 radical (unpaired) electrons. The van der Waals surface area contributed by atoms with E-state index in [0.717, 1.165) is 45.2 Å².